The molecule has 0 aliphatic heterocycles. The molecule has 0 radical (unpaired) electrons. The van der Waals surface area contributed by atoms with Crippen molar-refractivity contribution >= 4 is 11.3 Å². The van der Waals surface area contributed by atoms with Gasteiger partial charge >= 0.3 is 0 Å². The first-order valence-electron chi connectivity index (χ1n) is 5.25. The lowest BCUT2D eigenvalue weighted by atomic mass is 10.1. The van der Waals surface area contributed by atoms with Crippen LogP contribution in [0.3, 0.4) is 0 Å². The van der Waals surface area contributed by atoms with E-state index < -0.39 is 6.10 Å². The van der Waals surface area contributed by atoms with Gasteiger partial charge in [-0.05, 0) is 36.1 Å². The van der Waals surface area contributed by atoms with E-state index in [1.165, 1.54) is 0 Å². The summed E-state index contributed by atoms with van der Waals surface area (Å²) in [6, 6.07) is 11.4. The Kier molecular flexibility index (Phi) is 3.59. The Labute approximate surface area is 99.1 Å². The third-order valence-corrected chi connectivity index (χ3v) is 3.24. The molecule has 3 heteroatoms. The van der Waals surface area contributed by atoms with Crippen molar-refractivity contribution in [1.82, 2.24) is 0 Å². The van der Waals surface area contributed by atoms with Gasteiger partial charge in [0, 0.05) is 4.88 Å². The zero-order chi connectivity index (χ0) is 11.4. The van der Waals surface area contributed by atoms with Crippen LogP contribution in [0, 0.1) is 0 Å². The van der Waals surface area contributed by atoms with E-state index in [1.54, 1.807) is 11.3 Å². The van der Waals surface area contributed by atoms with Gasteiger partial charge < -0.3 is 9.84 Å². The second-order valence-corrected chi connectivity index (χ2v) is 4.40. The summed E-state index contributed by atoms with van der Waals surface area (Å²) in [6.07, 6.45) is -0.532. The highest BCUT2D eigenvalue weighted by atomic mass is 32.1. The summed E-state index contributed by atoms with van der Waals surface area (Å²) in [7, 11) is 0. The Morgan fingerprint density at radius 2 is 2.00 bits per heavy atom. The van der Waals surface area contributed by atoms with Crippen LogP contribution in [0.4, 0.5) is 0 Å². The summed E-state index contributed by atoms with van der Waals surface area (Å²) in [5.74, 6) is 0.838. The number of hydrogen-bond acceptors (Lipinski definition) is 3. The summed E-state index contributed by atoms with van der Waals surface area (Å²) in [5.41, 5.74) is 0.894. The second kappa shape index (κ2) is 5.14. The van der Waals surface area contributed by atoms with Crippen LogP contribution < -0.4 is 4.74 Å². The molecule has 0 aliphatic rings. The van der Waals surface area contributed by atoms with E-state index in [1.807, 2.05) is 48.7 Å². The minimum atomic E-state index is -0.532. The summed E-state index contributed by atoms with van der Waals surface area (Å²) in [5, 5.41) is 12.0. The largest absolute Gasteiger partial charge is 0.494 e. The summed E-state index contributed by atoms with van der Waals surface area (Å²) >= 11 is 1.56. The normalized spacial score (nSPS) is 12.4. The molecule has 2 aromatic rings. The third-order valence-electron chi connectivity index (χ3n) is 2.32. The first kappa shape index (κ1) is 11.2. The Morgan fingerprint density at radius 3 is 2.56 bits per heavy atom. The second-order valence-electron chi connectivity index (χ2n) is 3.42. The molecular formula is C13H14O2S. The van der Waals surface area contributed by atoms with Crippen molar-refractivity contribution in [3.05, 3.63) is 52.2 Å². The fourth-order valence-electron chi connectivity index (χ4n) is 1.52. The number of aliphatic hydroxyl groups excluding tert-OH is 1. The van der Waals surface area contributed by atoms with E-state index in [2.05, 4.69) is 0 Å². The third kappa shape index (κ3) is 2.43. The van der Waals surface area contributed by atoms with Crippen LogP contribution in [-0.2, 0) is 0 Å². The standard InChI is InChI=1S/C13H14O2S/c1-2-15-11-7-5-10(6-8-11)13(14)12-4-3-9-16-12/h3-9,13-14H,2H2,1H3/t13-/m0/s1. The average Bonchev–Trinajstić information content (AvgIpc) is 2.83. The predicted octanol–water partition coefficient (Wildman–Crippen LogP) is 3.23. The highest BCUT2D eigenvalue weighted by molar-refractivity contribution is 7.10. The molecule has 0 fully saturated rings. The lowest BCUT2D eigenvalue weighted by Gasteiger charge is -2.09. The maximum absolute atomic E-state index is 10.1. The minimum Gasteiger partial charge on any atom is -0.494 e. The van der Waals surface area contributed by atoms with E-state index in [0.29, 0.717) is 6.61 Å². The van der Waals surface area contributed by atoms with Gasteiger partial charge in [-0.3, -0.25) is 0 Å². The first-order chi connectivity index (χ1) is 7.81. The molecule has 1 N–H and O–H groups in total. The number of ether oxygens (including phenoxy) is 1. The number of rotatable bonds is 4. The van der Waals surface area contributed by atoms with Crippen molar-refractivity contribution in [2.45, 2.75) is 13.0 Å². The Morgan fingerprint density at radius 1 is 1.25 bits per heavy atom. The molecule has 0 aliphatic carbocycles. The van der Waals surface area contributed by atoms with E-state index >= 15 is 0 Å². The molecule has 16 heavy (non-hydrogen) atoms. The van der Waals surface area contributed by atoms with Gasteiger partial charge in [0.15, 0.2) is 0 Å². The van der Waals surface area contributed by atoms with Gasteiger partial charge in [0.05, 0.1) is 6.61 Å². The topological polar surface area (TPSA) is 29.5 Å². The predicted molar refractivity (Wildman–Crippen MR) is 66.0 cm³/mol. The molecule has 1 aromatic heterocycles. The van der Waals surface area contributed by atoms with Gasteiger partial charge in [-0.2, -0.15) is 0 Å². The van der Waals surface area contributed by atoms with Crippen LogP contribution in [0.2, 0.25) is 0 Å². The first-order valence-corrected chi connectivity index (χ1v) is 6.13. The van der Waals surface area contributed by atoms with Crippen LogP contribution in [0.1, 0.15) is 23.5 Å². The highest BCUT2D eigenvalue weighted by Gasteiger charge is 2.10. The van der Waals surface area contributed by atoms with E-state index in [9.17, 15) is 5.11 Å². The smallest absolute Gasteiger partial charge is 0.119 e. The molecule has 0 amide bonds. The van der Waals surface area contributed by atoms with Crippen LogP contribution in [0.5, 0.6) is 5.75 Å². The Balaban J connectivity index is 2.15. The Hall–Kier alpha value is -1.32. The van der Waals surface area contributed by atoms with Crippen LogP contribution >= 0.6 is 11.3 Å². The van der Waals surface area contributed by atoms with Gasteiger partial charge in [-0.15, -0.1) is 11.3 Å². The van der Waals surface area contributed by atoms with Crippen LogP contribution in [0.15, 0.2) is 41.8 Å². The molecule has 0 saturated heterocycles. The van der Waals surface area contributed by atoms with E-state index in [0.717, 1.165) is 16.2 Å². The molecule has 0 spiro atoms. The van der Waals surface area contributed by atoms with Gasteiger partial charge in [-0.1, -0.05) is 18.2 Å². The fraction of sp³-hybridized carbons (Fsp3) is 0.231. The summed E-state index contributed by atoms with van der Waals surface area (Å²) in [6.45, 7) is 2.61. The highest BCUT2D eigenvalue weighted by Crippen LogP contribution is 2.26. The number of aliphatic hydroxyl groups is 1. The van der Waals surface area contributed by atoms with E-state index in [-0.39, 0.29) is 0 Å². The summed E-state index contributed by atoms with van der Waals surface area (Å²) in [4.78, 5) is 0.962. The zero-order valence-corrected chi connectivity index (χ0v) is 9.91. The zero-order valence-electron chi connectivity index (χ0n) is 9.09. The lowest BCUT2D eigenvalue weighted by molar-refractivity contribution is 0.224. The molecule has 84 valence electrons. The SMILES string of the molecule is CCOc1ccc([C@H](O)c2cccs2)cc1. The van der Waals surface area contributed by atoms with Gasteiger partial charge in [0.2, 0.25) is 0 Å². The number of thiophene rings is 1. The quantitative estimate of drug-likeness (QED) is 0.880. The molecule has 2 nitrogen and oxygen atoms in total. The molecule has 1 aromatic carbocycles. The number of hydrogen-bond donors (Lipinski definition) is 1. The van der Waals surface area contributed by atoms with Crippen molar-refractivity contribution in [1.29, 1.82) is 0 Å². The molecule has 0 bridgehead atoms. The van der Waals surface area contributed by atoms with Crippen molar-refractivity contribution in [3.8, 4) is 5.75 Å². The van der Waals surface area contributed by atoms with Crippen molar-refractivity contribution in [2.24, 2.45) is 0 Å². The van der Waals surface area contributed by atoms with Gasteiger partial charge in [0.25, 0.3) is 0 Å². The maximum Gasteiger partial charge on any atom is 0.119 e. The fourth-order valence-corrected chi connectivity index (χ4v) is 2.26. The molecule has 0 saturated carbocycles. The van der Waals surface area contributed by atoms with E-state index in [4.69, 9.17) is 4.74 Å². The lowest BCUT2D eigenvalue weighted by Crippen LogP contribution is -1.97. The minimum absolute atomic E-state index is 0.532. The Bertz CT molecular complexity index is 420. The molecule has 1 heterocycles. The van der Waals surface area contributed by atoms with Crippen molar-refractivity contribution in [2.75, 3.05) is 6.61 Å². The summed E-state index contributed by atoms with van der Waals surface area (Å²) < 4.78 is 5.35. The molecule has 1 atom stereocenters. The molecule has 2 rings (SSSR count). The average molecular weight is 234 g/mol. The molecule has 0 unspecified atom stereocenters. The van der Waals surface area contributed by atoms with Crippen LogP contribution in [0.25, 0.3) is 0 Å². The molecular weight excluding hydrogens is 220 g/mol. The van der Waals surface area contributed by atoms with Gasteiger partial charge in [0.1, 0.15) is 11.9 Å². The maximum atomic E-state index is 10.1. The van der Waals surface area contributed by atoms with Gasteiger partial charge in [-0.25, -0.2) is 0 Å². The van der Waals surface area contributed by atoms with Crippen molar-refractivity contribution in [3.63, 3.8) is 0 Å². The van der Waals surface area contributed by atoms with Crippen LogP contribution in [-0.4, -0.2) is 11.7 Å². The monoisotopic (exact) mass is 234 g/mol. The van der Waals surface area contributed by atoms with Crippen molar-refractivity contribution < 1.29 is 9.84 Å². The number of benzene rings is 1.